The van der Waals surface area contributed by atoms with E-state index < -0.39 is 15.9 Å². The Morgan fingerprint density at radius 2 is 1.82 bits per heavy atom. The van der Waals surface area contributed by atoms with Crippen LogP contribution in [0.15, 0.2) is 58.5 Å². The maximum absolute atomic E-state index is 12.7. The number of carbonyl (C=O) groups is 1. The lowest BCUT2D eigenvalue weighted by molar-refractivity contribution is 0.0954. The van der Waals surface area contributed by atoms with E-state index in [0.717, 1.165) is 18.4 Å². The van der Waals surface area contributed by atoms with Crippen molar-refractivity contribution in [3.63, 3.8) is 0 Å². The smallest absolute Gasteiger partial charge is 0.271 e. The highest BCUT2D eigenvalue weighted by Gasteiger charge is 2.27. The van der Waals surface area contributed by atoms with Crippen molar-refractivity contribution in [1.29, 1.82) is 0 Å². The van der Waals surface area contributed by atoms with Gasteiger partial charge in [0.05, 0.1) is 17.7 Å². The minimum atomic E-state index is -3.58. The highest BCUT2D eigenvalue weighted by Crippen LogP contribution is 2.22. The van der Waals surface area contributed by atoms with E-state index in [4.69, 9.17) is 4.74 Å². The zero-order valence-electron chi connectivity index (χ0n) is 15.9. The molecule has 1 aliphatic heterocycles. The number of nitrogens with zero attached hydrogens (tertiary/aromatic N) is 2. The van der Waals surface area contributed by atoms with Crippen LogP contribution in [-0.2, 0) is 10.0 Å². The number of benzene rings is 2. The number of hydrogen-bond donors (Lipinski definition) is 1. The molecule has 2 aromatic carbocycles. The van der Waals surface area contributed by atoms with E-state index in [0.29, 0.717) is 24.6 Å². The number of hydrogen-bond acceptors (Lipinski definition) is 5. The van der Waals surface area contributed by atoms with Gasteiger partial charge in [-0.15, -0.1) is 0 Å². The van der Waals surface area contributed by atoms with E-state index in [1.165, 1.54) is 16.4 Å². The van der Waals surface area contributed by atoms with E-state index in [2.05, 4.69) is 10.5 Å². The second kappa shape index (κ2) is 8.53. The van der Waals surface area contributed by atoms with Crippen LogP contribution >= 0.6 is 0 Å². The molecule has 0 aromatic heterocycles. The summed E-state index contributed by atoms with van der Waals surface area (Å²) in [6.07, 6.45) is 1.71. The zero-order valence-corrected chi connectivity index (χ0v) is 16.7. The lowest BCUT2D eigenvalue weighted by atomic mass is 10.1. The average Bonchev–Trinajstić information content (AvgIpc) is 3.27. The van der Waals surface area contributed by atoms with Crippen molar-refractivity contribution >= 4 is 21.6 Å². The molecule has 0 unspecified atom stereocenters. The van der Waals surface area contributed by atoms with Gasteiger partial charge in [0.15, 0.2) is 0 Å². The average molecular weight is 401 g/mol. The summed E-state index contributed by atoms with van der Waals surface area (Å²) in [5.41, 5.74) is 4.05. The quantitative estimate of drug-likeness (QED) is 0.595. The normalized spacial score (nSPS) is 15.4. The Balaban J connectivity index is 1.78. The molecule has 8 heteroatoms. The van der Waals surface area contributed by atoms with Crippen LogP contribution in [0.1, 0.15) is 35.7 Å². The number of methoxy groups -OCH3 is 1. The van der Waals surface area contributed by atoms with Crippen molar-refractivity contribution in [2.75, 3.05) is 20.2 Å². The van der Waals surface area contributed by atoms with E-state index in [1.54, 1.807) is 26.2 Å². The van der Waals surface area contributed by atoms with Crippen molar-refractivity contribution in [3.05, 3.63) is 59.7 Å². The third kappa shape index (κ3) is 4.23. The summed E-state index contributed by atoms with van der Waals surface area (Å²) in [6, 6.07) is 13.4. The minimum absolute atomic E-state index is 0.118. The minimum Gasteiger partial charge on any atom is -0.496 e. The maximum Gasteiger partial charge on any atom is 0.271 e. The van der Waals surface area contributed by atoms with Gasteiger partial charge in [0.1, 0.15) is 5.75 Å². The summed E-state index contributed by atoms with van der Waals surface area (Å²) in [6.45, 7) is 2.79. The van der Waals surface area contributed by atoms with Gasteiger partial charge in [-0.25, -0.2) is 13.8 Å². The number of amides is 1. The Bertz CT molecular complexity index is 996. The fraction of sp³-hybridized carbons (Fsp3) is 0.300. The molecule has 0 atom stereocenters. The molecule has 0 spiro atoms. The third-order valence-electron chi connectivity index (χ3n) is 4.62. The van der Waals surface area contributed by atoms with Crippen LogP contribution < -0.4 is 10.2 Å². The molecule has 3 rings (SSSR count). The van der Waals surface area contributed by atoms with Gasteiger partial charge in [0.2, 0.25) is 10.0 Å². The van der Waals surface area contributed by atoms with E-state index in [-0.39, 0.29) is 10.5 Å². The third-order valence-corrected chi connectivity index (χ3v) is 6.52. The molecule has 1 N–H and O–H groups in total. The summed E-state index contributed by atoms with van der Waals surface area (Å²) >= 11 is 0. The van der Waals surface area contributed by atoms with Gasteiger partial charge in [0, 0.05) is 24.2 Å². The molecule has 1 saturated heterocycles. The van der Waals surface area contributed by atoms with Crippen molar-refractivity contribution in [3.8, 4) is 5.75 Å². The Labute approximate surface area is 165 Å². The van der Waals surface area contributed by atoms with Crippen LogP contribution in [0.2, 0.25) is 0 Å². The lowest BCUT2D eigenvalue weighted by Gasteiger charge is -2.15. The number of hydrazone groups is 1. The van der Waals surface area contributed by atoms with Crippen molar-refractivity contribution in [1.82, 2.24) is 9.73 Å². The topological polar surface area (TPSA) is 88.1 Å². The molecule has 2 aromatic rings. The van der Waals surface area contributed by atoms with Gasteiger partial charge in [0.25, 0.3) is 5.91 Å². The molecule has 0 radical (unpaired) electrons. The van der Waals surface area contributed by atoms with Gasteiger partial charge in [-0.2, -0.15) is 9.41 Å². The fourth-order valence-electron chi connectivity index (χ4n) is 3.08. The van der Waals surface area contributed by atoms with Crippen LogP contribution in [0.3, 0.4) is 0 Å². The van der Waals surface area contributed by atoms with E-state index in [9.17, 15) is 13.2 Å². The lowest BCUT2D eigenvalue weighted by Crippen LogP contribution is -2.28. The van der Waals surface area contributed by atoms with Gasteiger partial charge >= 0.3 is 0 Å². The molecule has 148 valence electrons. The summed E-state index contributed by atoms with van der Waals surface area (Å²) in [4.78, 5) is 12.6. The summed E-state index contributed by atoms with van der Waals surface area (Å²) in [5.74, 6) is 0.171. The van der Waals surface area contributed by atoms with Gasteiger partial charge in [-0.1, -0.05) is 18.2 Å². The molecule has 1 aliphatic rings. The first-order valence-electron chi connectivity index (χ1n) is 9.01. The Morgan fingerprint density at radius 3 is 2.54 bits per heavy atom. The molecule has 0 aliphatic carbocycles. The molecule has 1 amide bonds. The molecule has 1 fully saturated rings. The predicted molar refractivity (Wildman–Crippen MR) is 107 cm³/mol. The molecule has 0 saturated carbocycles. The molecule has 7 nitrogen and oxygen atoms in total. The van der Waals surface area contributed by atoms with Crippen molar-refractivity contribution in [2.45, 2.75) is 24.7 Å². The number of rotatable bonds is 6. The van der Waals surface area contributed by atoms with Crippen LogP contribution in [0.25, 0.3) is 0 Å². The number of nitrogens with one attached hydrogen (secondary N) is 1. The summed E-state index contributed by atoms with van der Waals surface area (Å²) in [7, 11) is -2.01. The first-order chi connectivity index (χ1) is 13.4. The molecule has 28 heavy (non-hydrogen) atoms. The van der Waals surface area contributed by atoms with Crippen LogP contribution in [0.4, 0.5) is 0 Å². The SMILES string of the molecule is COc1ccccc1/C(C)=N\NC(=O)c1cccc(S(=O)(=O)N2CCCC2)c1. The predicted octanol–water partition coefficient (Wildman–Crippen LogP) is 2.63. The first kappa shape index (κ1) is 20.0. The summed E-state index contributed by atoms with van der Waals surface area (Å²) in [5, 5.41) is 4.13. The van der Waals surface area contributed by atoms with Crippen molar-refractivity contribution < 1.29 is 17.9 Å². The highest BCUT2D eigenvalue weighted by molar-refractivity contribution is 7.89. The second-order valence-corrected chi connectivity index (χ2v) is 8.42. The number of para-hydroxylation sites is 1. The molecular formula is C20H23N3O4S. The van der Waals surface area contributed by atoms with Gasteiger partial charge in [-0.3, -0.25) is 4.79 Å². The molecule has 1 heterocycles. The van der Waals surface area contributed by atoms with Gasteiger partial charge < -0.3 is 4.74 Å². The molecule has 0 bridgehead atoms. The van der Waals surface area contributed by atoms with Crippen LogP contribution in [-0.4, -0.2) is 44.5 Å². The van der Waals surface area contributed by atoms with Gasteiger partial charge in [-0.05, 0) is 50.1 Å². The number of carbonyl (C=O) groups excluding carboxylic acids is 1. The molecular weight excluding hydrogens is 378 g/mol. The van der Waals surface area contributed by atoms with Crippen molar-refractivity contribution in [2.24, 2.45) is 5.10 Å². The Kier molecular flexibility index (Phi) is 6.11. The highest BCUT2D eigenvalue weighted by atomic mass is 32.2. The summed E-state index contributed by atoms with van der Waals surface area (Å²) < 4.78 is 32.1. The Morgan fingerprint density at radius 1 is 1.11 bits per heavy atom. The van der Waals surface area contributed by atoms with Crippen LogP contribution in [0.5, 0.6) is 5.75 Å². The zero-order chi connectivity index (χ0) is 20.1. The monoisotopic (exact) mass is 401 g/mol. The van der Waals surface area contributed by atoms with Crippen LogP contribution in [0, 0.1) is 0 Å². The van der Waals surface area contributed by atoms with E-state index >= 15 is 0 Å². The Hall–Kier alpha value is -2.71. The maximum atomic E-state index is 12.7. The van der Waals surface area contributed by atoms with E-state index in [1.807, 2.05) is 24.3 Å². The largest absolute Gasteiger partial charge is 0.496 e. The standard InChI is InChI=1S/C20H23N3O4S/c1-15(18-10-3-4-11-19(18)27-2)21-22-20(24)16-8-7-9-17(14-16)28(25,26)23-12-5-6-13-23/h3-4,7-11,14H,5-6,12-13H2,1-2H3,(H,22,24)/b21-15-. The first-order valence-corrected chi connectivity index (χ1v) is 10.5. The number of sulfonamides is 1. The fourth-order valence-corrected chi connectivity index (χ4v) is 4.64. The number of ether oxygens (including phenoxy) is 1. The second-order valence-electron chi connectivity index (χ2n) is 6.48.